The highest BCUT2D eigenvalue weighted by atomic mass is 16.7. The number of aromatic hydroxyl groups is 1. The van der Waals surface area contributed by atoms with Crippen molar-refractivity contribution in [1.82, 2.24) is 25.0 Å². The van der Waals surface area contributed by atoms with Crippen LogP contribution in [0.1, 0.15) is 31.8 Å². The normalized spacial score (nSPS) is 20.8. The highest BCUT2D eigenvalue weighted by Crippen LogP contribution is 2.38. The second-order valence-electron chi connectivity index (χ2n) is 10.8. The number of hydrogen-bond acceptors (Lipinski definition) is 12. The number of benzene rings is 1. The van der Waals surface area contributed by atoms with E-state index in [0.29, 0.717) is 11.4 Å². The number of quaternary nitrogens is 2. The molecular formula is C25H31N9O6. The number of aromatic nitrogens is 1. The van der Waals surface area contributed by atoms with Gasteiger partial charge in [0.1, 0.15) is 24.4 Å². The standard InChI is InChI=1S/C25H31N9O6/c35-18-15-28-25(38)22-21(18)23(36)19-16(26-3-13-33(39,29-5-6-29)30-7-8-30)1-2-17(20(19)24(22)37)27-4-14-34(40,31-9-10-31)32-11-12-32/h1-2,15,26-27,35H,3-14H2,(H,28,38). The van der Waals surface area contributed by atoms with Crippen molar-refractivity contribution in [3.63, 3.8) is 0 Å². The number of pyridine rings is 1. The Labute approximate surface area is 229 Å². The van der Waals surface area contributed by atoms with Crippen LogP contribution in [0, 0.1) is 10.4 Å². The fourth-order valence-corrected chi connectivity index (χ4v) is 5.61. The molecule has 0 spiro atoms. The van der Waals surface area contributed by atoms with E-state index in [2.05, 4.69) is 15.6 Å². The molecule has 0 unspecified atom stereocenters. The molecule has 40 heavy (non-hydrogen) atoms. The van der Waals surface area contributed by atoms with E-state index in [1.54, 1.807) is 32.2 Å². The van der Waals surface area contributed by atoms with E-state index >= 15 is 0 Å². The summed E-state index contributed by atoms with van der Waals surface area (Å²) in [6.07, 6.45) is 0.996. The second-order valence-corrected chi connectivity index (χ2v) is 10.8. The molecule has 15 nitrogen and oxygen atoms in total. The number of ketones is 2. The number of fused-ring (bicyclic) bond motifs is 2. The van der Waals surface area contributed by atoms with Crippen LogP contribution < -0.4 is 16.2 Å². The largest absolute Gasteiger partial charge is 0.591 e. The maximum atomic E-state index is 13.7. The highest BCUT2D eigenvalue weighted by Gasteiger charge is 2.47. The molecule has 0 atom stereocenters. The van der Waals surface area contributed by atoms with Crippen molar-refractivity contribution in [3.8, 4) is 5.75 Å². The van der Waals surface area contributed by atoms with E-state index in [9.17, 15) is 29.9 Å². The average Bonchev–Trinajstić information content (AvgIpc) is 3.77. The number of rotatable bonds is 12. The Hall–Kier alpha value is -3.41. The lowest BCUT2D eigenvalue weighted by Gasteiger charge is -2.42. The Bertz CT molecular complexity index is 1440. The minimum Gasteiger partial charge on any atom is -0.591 e. The number of hydrogen-bond donors (Lipinski definition) is 4. The van der Waals surface area contributed by atoms with Crippen molar-refractivity contribution in [2.24, 2.45) is 0 Å². The van der Waals surface area contributed by atoms with Gasteiger partial charge in [-0.15, -0.1) is 20.0 Å². The molecule has 1 aromatic heterocycles. The lowest BCUT2D eigenvalue weighted by molar-refractivity contribution is -1.05. The number of H-pyrrole nitrogens is 1. The van der Waals surface area contributed by atoms with Crippen LogP contribution in [0.15, 0.2) is 23.1 Å². The van der Waals surface area contributed by atoms with Gasteiger partial charge in [-0.25, -0.2) is 0 Å². The SMILES string of the molecule is O=C1c2c(NCC[N+]([O-])(N3CC3)N3CC3)ccc(NCC[N+]([O-])(N3CC3)N3CC3)c2C(=O)c2c1c(O)c[nH]c2=O. The van der Waals surface area contributed by atoms with Crippen LogP contribution in [-0.2, 0) is 0 Å². The molecule has 5 heterocycles. The molecule has 4 saturated heterocycles. The van der Waals surface area contributed by atoms with Crippen molar-refractivity contribution < 1.29 is 24.4 Å². The Balaban J connectivity index is 1.19. The van der Waals surface area contributed by atoms with Gasteiger partial charge in [0, 0.05) is 17.6 Å². The second kappa shape index (κ2) is 9.05. The van der Waals surface area contributed by atoms with Crippen LogP contribution in [0.4, 0.5) is 11.4 Å². The summed E-state index contributed by atoms with van der Waals surface area (Å²) in [5, 5.41) is 50.6. The molecule has 1 aliphatic carbocycles. The maximum Gasteiger partial charge on any atom is 0.260 e. The fraction of sp³-hybridized carbons (Fsp3) is 0.480. The molecular weight excluding hydrogens is 522 g/mol. The van der Waals surface area contributed by atoms with Gasteiger partial charge in [-0.1, -0.05) is 0 Å². The van der Waals surface area contributed by atoms with Crippen molar-refractivity contribution in [3.05, 3.63) is 61.4 Å². The average molecular weight is 554 g/mol. The van der Waals surface area contributed by atoms with Gasteiger partial charge in [-0.2, -0.15) is 9.73 Å². The maximum absolute atomic E-state index is 13.7. The Morgan fingerprint density at radius 3 is 1.50 bits per heavy atom. The zero-order chi connectivity index (χ0) is 27.8. The van der Waals surface area contributed by atoms with Crippen LogP contribution in [0.2, 0.25) is 0 Å². The van der Waals surface area contributed by atoms with Gasteiger partial charge in [0.15, 0.2) is 0 Å². The fourth-order valence-electron chi connectivity index (χ4n) is 5.61. The van der Waals surface area contributed by atoms with Crippen molar-refractivity contribution in [2.75, 3.05) is 89.2 Å². The van der Waals surface area contributed by atoms with Gasteiger partial charge in [-0.05, 0) is 12.1 Å². The molecule has 2 aromatic rings. The van der Waals surface area contributed by atoms with E-state index < -0.39 is 38.2 Å². The molecule has 4 aliphatic heterocycles. The Kier molecular flexibility index (Phi) is 5.78. The molecule has 4 N–H and O–H groups in total. The summed E-state index contributed by atoms with van der Waals surface area (Å²) in [5.41, 5.74) is -0.872. The van der Waals surface area contributed by atoms with Gasteiger partial charge in [0.2, 0.25) is 11.6 Å². The minimum absolute atomic E-state index is 0.000757. The summed E-state index contributed by atoms with van der Waals surface area (Å²) in [4.78, 5) is 41.3. The van der Waals surface area contributed by atoms with Gasteiger partial charge in [0.25, 0.3) is 5.56 Å². The summed E-state index contributed by atoms with van der Waals surface area (Å²) in [6, 6.07) is 3.28. The summed E-state index contributed by atoms with van der Waals surface area (Å²) < 4.78 is 0. The molecule has 0 radical (unpaired) electrons. The smallest absolute Gasteiger partial charge is 0.260 e. The van der Waals surface area contributed by atoms with Crippen LogP contribution in [0.25, 0.3) is 0 Å². The summed E-state index contributed by atoms with van der Waals surface area (Å²) in [7, 11) is 0. The van der Waals surface area contributed by atoms with E-state index in [-0.39, 0.29) is 42.9 Å². The van der Waals surface area contributed by atoms with E-state index in [1.807, 2.05) is 0 Å². The first-order valence-electron chi connectivity index (χ1n) is 13.6. The third-order valence-electron chi connectivity index (χ3n) is 8.09. The molecule has 7 rings (SSSR count). The van der Waals surface area contributed by atoms with E-state index in [0.717, 1.165) is 58.6 Å². The first-order valence-corrected chi connectivity index (χ1v) is 13.6. The van der Waals surface area contributed by atoms with Crippen molar-refractivity contribution in [1.29, 1.82) is 0 Å². The number of nitrogens with zero attached hydrogens (tertiary/aromatic N) is 6. The third kappa shape index (κ3) is 4.18. The third-order valence-corrected chi connectivity index (χ3v) is 8.09. The van der Waals surface area contributed by atoms with Crippen LogP contribution in [-0.4, -0.2) is 130 Å². The van der Waals surface area contributed by atoms with Crippen LogP contribution >= 0.6 is 0 Å². The monoisotopic (exact) mass is 553 g/mol. The predicted octanol–water partition coefficient (Wildman–Crippen LogP) is -0.769. The molecule has 212 valence electrons. The summed E-state index contributed by atoms with van der Waals surface area (Å²) >= 11 is 0. The first kappa shape index (κ1) is 25.6. The molecule has 0 bridgehead atoms. The number of hydroxylamine groups is 2. The van der Waals surface area contributed by atoms with Crippen LogP contribution in [0.3, 0.4) is 0 Å². The molecule has 1 aromatic carbocycles. The number of carbonyl (C=O) groups excluding carboxylic acids is 2. The zero-order valence-electron chi connectivity index (χ0n) is 21.9. The minimum atomic E-state index is -0.773. The predicted molar refractivity (Wildman–Crippen MR) is 142 cm³/mol. The molecule has 0 amide bonds. The number of carbonyl (C=O) groups is 2. The lowest BCUT2D eigenvalue weighted by Crippen LogP contribution is -2.54. The van der Waals surface area contributed by atoms with E-state index in [1.165, 1.54) is 0 Å². The van der Waals surface area contributed by atoms with Gasteiger partial charge < -0.3 is 31.1 Å². The quantitative estimate of drug-likeness (QED) is 0.126. The van der Waals surface area contributed by atoms with Crippen molar-refractivity contribution in [2.45, 2.75) is 0 Å². The molecule has 5 aliphatic rings. The summed E-state index contributed by atoms with van der Waals surface area (Å²) in [5.74, 6) is -1.86. The Morgan fingerprint density at radius 1 is 0.700 bits per heavy atom. The molecule has 4 fully saturated rings. The topological polar surface area (TPSA) is 169 Å². The van der Waals surface area contributed by atoms with Crippen molar-refractivity contribution >= 4 is 22.9 Å². The highest BCUT2D eigenvalue weighted by molar-refractivity contribution is 6.32. The first-order chi connectivity index (χ1) is 19.2. The molecule has 0 saturated carbocycles. The number of nitrogens with one attached hydrogen (secondary N) is 3. The molecule has 15 heteroatoms. The Morgan fingerprint density at radius 2 is 1.10 bits per heavy atom. The van der Waals surface area contributed by atoms with Gasteiger partial charge in [-0.3, -0.25) is 14.4 Å². The summed E-state index contributed by atoms with van der Waals surface area (Å²) in [6.45, 7) is 6.68. The number of anilines is 2. The van der Waals surface area contributed by atoms with Crippen LogP contribution in [0.5, 0.6) is 5.75 Å². The van der Waals surface area contributed by atoms with Gasteiger partial charge >= 0.3 is 0 Å². The number of aromatic amines is 1. The van der Waals surface area contributed by atoms with Gasteiger partial charge in [0.05, 0.1) is 82.1 Å². The van der Waals surface area contributed by atoms with E-state index in [4.69, 9.17) is 0 Å². The lowest BCUT2D eigenvalue weighted by atomic mass is 9.82. The zero-order valence-corrected chi connectivity index (χ0v) is 21.9.